The zero-order valence-electron chi connectivity index (χ0n) is 14.7. The van der Waals surface area contributed by atoms with Crippen molar-refractivity contribution in [1.29, 1.82) is 0 Å². The molecule has 1 aliphatic rings. The predicted molar refractivity (Wildman–Crippen MR) is 105 cm³/mol. The normalized spacial score (nSPS) is 19.8. The van der Waals surface area contributed by atoms with Crippen molar-refractivity contribution >= 4 is 51.5 Å². The molecule has 1 saturated heterocycles. The average molecular weight is 432 g/mol. The Morgan fingerprint density at radius 1 is 1.44 bits per heavy atom. The standard InChI is InChI=1S/C16H19Cl2N5O3S/c1-7-11(17)12(18)13(21-7)14(24)22-9-3-4-23(6-8(9)19)16-20-5-10(27-16)15(25)26-2/h5,8-9,21H,3-4,6,19H2,1-2H3,(H,22,24)/t8-,9+/m0/s1. The van der Waals surface area contributed by atoms with Crippen LogP contribution < -0.4 is 16.0 Å². The number of nitrogens with two attached hydrogens (primary N) is 1. The van der Waals surface area contributed by atoms with Crippen LogP contribution in [0.15, 0.2) is 6.20 Å². The number of nitrogens with zero attached hydrogens (tertiary/aromatic N) is 2. The first kappa shape index (κ1) is 19.9. The summed E-state index contributed by atoms with van der Waals surface area (Å²) < 4.78 is 4.70. The number of aromatic nitrogens is 2. The van der Waals surface area contributed by atoms with Gasteiger partial charge in [-0.1, -0.05) is 34.5 Å². The summed E-state index contributed by atoms with van der Waals surface area (Å²) in [6.45, 7) is 2.88. The molecule has 0 saturated carbocycles. The molecule has 3 heterocycles. The van der Waals surface area contributed by atoms with E-state index in [-0.39, 0.29) is 28.7 Å². The van der Waals surface area contributed by atoms with Gasteiger partial charge in [0.1, 0.15) is 10.6 Å². The summed E-state index contributed by atoms with van der Waals surface area (Å²) in [6, 6.07) is -0.522. The summed E-state index contributed by atoms with van der Waals surface area (Å²) in [6.07, 6.45) is 2.12. The summed E-state index contributed by atoms with van der Waals surface area (Å²) in [5.41, 5.74) is 7.13. The second-order valence-corrected chi connectivity index (χ2v) is 8.00. The molecule has 11 heteroatoms. The predicted octanol–water partition coefficient (Wildman–Crippen LogP) is 2.21. The number of aryl methyl sites for hydroxylation is 1. The van der Waals surface area contributed by atoms with Gasteiger partial charge >= 0.3 is 5.97 Å². The van der Waals surface area contributed by atoms with E-state index in [1.165, 1.54) is 24.6 Å². The SMILES string of the molecule is COC(=O)c1cnc(N2CC[C@@H](NC(=O)c3[nH]c(C)c(Cl)c3Cl)[C@@H](N)C2)s1. The topological polar surface area (TPSA) is 113 Å². The van der Waals surface area contributed by atoms with E-state index >= 15 is 0 Å². The number of hydrogen-bond acceptors (Lipinski definition) is 7. The van der Waals surface area contributed by atoms with E-state index in [0.717, 1.165) is 0 Å². The van der Waals surface area contributed by atoms with Gasteiger partial charge in [0.25, 0.3) is 5.91 Å². The molecular formula is C16H19Cl2N5O3S. The Morgan fingerprint density at radius 3 is 2.78 bits per heavy atom. The summed E-state index contributed by atoms with van der Waals surface area (Å²) in [5, 5.41) is 4.16. The van der Waals surface area contributed by atoms with Gasteiger partial charge in [-0.05, 0) is 13.3 Å². The van der Waals surface area contributed by atoms with Crippen LogP contribution in [0.5, 0.6) is 0 Å². The summed E-state index contributed by atoms with van der Waals surface area (Å²) in [5.74, 6) is -0.756. The van der Waals surface area contributed by atoms with Gasteiger partial charge in [-0.2, -0.15) is 0 Å². The van der Waals surface area contributed by atoms with Crippen LogP contribution in [-0.2, 0) is 4.74 Å². The van der Waals surface area contributed by atoms with Crippen molar-refractivity contribution in [3.63, 3.8) is 0 Å². The highest BCUT2D eigenvalue weighted by molar-refractivity contribution is 7.17. The van der Waals surface area contributed by atoms with Gasteiger partial charge < -0.3 is 25.7 Å². The van der Waals surface area contributed by atoms with Crippen LogP contribution in [0.3, 0.4) is 0 Å². The molecule has 0 aromatic carbocycles. The fraction of sp³-hybridized carbons (Fsp3) is 0.438. The van der Waals surface area contributed by atoms with Crippen molar-refractivity contribution in [1.82, 2.24) is 15.3 Å². The quantitative estimate of drug-likeness (QED) is 0.639. The number of hydrogen-bond donors (Lipinski definition) is 3. The second-order valence-electron chi connectivity index (χ2n) is 6.23. The van der Waals surface area contributed by atoms with Crippen LogP contribution in [0.2, 0.25) is 10.0 Å². The van der Waals surface area contributed by atoms with Gasteiger partial charge in [-0.3, -0.25) is 4.79 Å². The molecule has 1 aliphatic heterocycles. The number of amides is 1. The average Bonchev–Trinajstić information content (AvgIpc) is 3.24. The van der Waals surface area contributed by atoms with Crippen LogP contribution >= 0.6 is 34.5 Å². The molecule has 27 heavy (non-hydrogen) atoms. The number of H-pyrrole nitrogens is 1. The molecule has 0 unspecified atom stereocenters. The Labute approximate surface area is 170 Å². The van der Waals surface area contributed by atoms with Gasteiger partial charge in [0.15, 0.2) is 5.13 Å². The van der Waals surface area contributed by atoms with Crippen LogP contribution in [-0.4, -0.2) is 54.1 Å². The zero-order chi connectivity index (χ0) is 19.7. The van der Waals surface area contributed by atoms with Crippen LogP contribution in [0, 0.1) is 6.92 Å². The third-order valence-electron chi connectivity index (χ3n) is 4.41. The third kappa shape index (κ3) is 4.06. The fourth-order valence-corrected chi connectivity index (χ4v) is 4.20. The number of thiazole rings is 1. The number of methoxy groups -OCH3 is 1. The number of piperidine rings is 1. The van der Waals surface area contributed by atoms with E-state index in [1.807, 2.05) is 4.90 Å². The highest BCUT2D eigenvalue weighted by Gasteiger charge is 2.31. The molecule has 0 spiro atoms. The lowest BCUT2D eigenvalue weighted by Crippen LogP contribution is -2.58. The van der Waals surface area contributed by atoms with Crippen LogP contribution in [0.25, 0.3) is 0 Å². The largest absolute Gasteiger partial charge is 0.465 e. The number of nitrogens with one attached hydrogen (secondary N) is 2. The van der Waals surface area contributed by atoms with Crippen molar-refractivity contribution in [2.24, 2.45) is 5.73 Å². The van der Waals surface area contributed by atoms with E-state index in [9.17, 15) is 9.59 Å². The number of carbonyl (C=O) groups excluding carboxylic acids is 2. The first-order valence-electron chi connectivity index (χ1n) is 8.21. The van der Waals surface area contributed by atoms with E-state index in [0.29, 0.717) is 40.2 Å². The number of aromatic amines is 1. The minimum absolute atomic E-state index is 0.204. The third-order valence-corrected chi connectivity index (χ3v) is 6.39. The Hall–Kier alpha value is -1.81. The highest BCUT2D eigenvalue weighted by Crippen LogP contribution is 2.29. The molecule has 2 aromatic heterocycles. The van der Waals surface area contributed by atoms with E-state index in [1.54, 1.807) is 6.92 Å². The smallest absolute Gasteiger partial charge is 0.349 e. The molecular weight excluding hydrogens is 413 g/mol. The van der Waals surface area contributed by atoms with E-state index < -0.39 is 5.97 Å². The number of esters is 1. The molecule has 2 aromatic rings. The molecule has 0 radical (unpaired) electrons. The number of ether oxygens (including phenoxy) is 1. The maximum absolute atomic E-state index is 12.5. The molecule has 0 bridgehead atoms. The number of carbonyl (C=O) groups is 2. The maximum atomic E-state index is 12.5. The lowest BCUT2D eigenvalue weighted by molar-refractivity contribution is 0.0606. The number of halogens is 2. The van der Waals surface area contributed by atoms with Crippen molar-refractivity contribution < 1.29 is 14.3 Å². The number of anilines is 1. The molecule has 1 fully saturated rings. The molecule has 3 rings (SSSR count). The Balaban J connectivity index is 1.63. The van der Waals surface area contributed by atoms with Crippen molar-refractivity contribution in [2.75, 3.05) is 25.1 Å². The Morgan fingerprint density at radius 2 is 2.19 bits per heavy atom. The molecule has 146 valence electrons. The van der Waals surface area contributed by atoms with Crippen LogP contribution in [0.1, 0.15) is 32.3 Å². The van der Waals surface area contributed by atoms with Gasteiger partial charge in [-0.15, -0.1) is 0 Å². The van der Waals surface area contributed by atoms with Crippen LogP contribution in [0.4, 0.5) is 5.13 Å². The van der Waals surface area contributed by atoms with Gasteiger partial charge in [0, 0.05) is 30.9 Å². The molecule has 2 atom stereocenters. The number of rotatable bonds is 4. The van der Waals surface area contributed by atoms with Gasteiger partial charge in [0.2, 0.25) is 0 Å². The molecule has 4 N–H and O–H groups in total. The van der Waals surface area contributed by atoms with Gasteiger partial charge in [-0.25, -0.2) is 9.78 Å². The Bertz CT molecular complexity index is 868. The lowest BCUT2D eigenvalue weighted by atomic mass is 10.0. The molecule has 0 aliphatic carbocycles. The van der Waals surface area contributed by atoms with E-state index in [4.69, 9.17) is 33.7 Å². The Kier molecular flexibility index (Phi) is 5.95. The summed E-state index contributed by atoms with van der Waals surface area (Å²) in [7, 11) is 1.33. The fourth-order valence-electron chi connectivity index (χ4n) is 2.91. The summed E-state index contributed by atoms with van der Waals surface area (Å²) in [4.78, 5) is 33.6. The van der Waals surface area contributed by atoms with Gasteiger partial charge in [0.05, 0.1) is 23.4 Å². The summed E-state index contributed by atoms with van der Waals surface area (Å²) >= 11 is 13.4. The first-order chi connectivity index (χ1) is 12.8. The molecule has 8 nitrogen and oxygen atoms in total. The van der Waals surface area contributed by atoms with Crippen molar-refractivity contribution in [3.8, 4) is 0 Å². The minimum atomic E-state index is -0.415. The maximum Gasteiger partial charge on any atom is 0.349 e. The van der Waals surface area contributed by atoms with Crippen molar-refractivity contribution in [2.45, 2.75) is 25.4 Å². The van der Waals surface area contributed by atoms with E-state index in [2.05, 4.69) is 15.3 Å². The first-order valence-corrected chi connectivity index (χ1v) is 9.78. The highest BCUT2D eigenvalue weighted by atomic mass is 35.5. The zero-order valence-corrected chi connectivity index (χ0v) is 17.0. The second kappa shape index (κ2) is 8.05. The minimum Gasteiger partial charge on any atom is -0.465 e. The molecule has 1 amide bonds. The van der Waals surface area contributed by atoms with Crippen molar-refractivity contribution in [3.05, 3.63) is 32.5 Å². The monoisotopic (exact) mass is 431 g/mol. The lowest BCUT2D eigenvalue weighted by Gasteiger charge is -2.36.